The number of nitrogens with two attached hydrogens (primary N) is 1. The highest BCUT2D eigenvalue weighted by molar-refractivity contribution is 5.95. The number of amides is 2. The molecule has 0 aliphatic rings. The summed E-state index contributed by atoms with van der Waals surface area (Å²) in [6.45, 7) is 2.01. The Hall–Kier alpha value is -4.66. The van der Waals surface area contributed by atoms with E-state index in [1.807, 2.05) is 37.3 Å². The van der Waals surface area contributed by atoms with Gasteiger partial charge in [0.25, 0.3) is 11.8 Å². The van der Waals surface area contributed by atoms with Crippen molar-refractivity contribution < 1.29 is 23.6 Å². The summed E-state index contributed by atoms with van der Waals surface area (Å²) in [7, 11) is 0. The summed E-state index contributed by atoms with van der Waals surface area (Å²) in [5.74, 6) is 0.758. The first kappa shape index (κ1) is 22.5. The number of carbonyl (C=O) groups is 2. The van der Waals surface area contributed by atoms with Crippen molar-refractivity contribution in [3.63, 3.8) is 0 Å². The molecule has 2 amide bonds. The Labute approximate surface area is 195 Å². The summed E-state index contributed by atoms with van der Waals surface area (Å²) in [5.41, 5.74) is 7.60. The molecule has 1 aromatic heterocycles. The fraction of sp³-hybridized carbons (Fsp3) is 0.120. The number of hydrogen-bond acceptors (Lipinski definition) is 7. The number of anilines is 1. The Morgan fingerprint density at radius 1 is 0.941 bits per heavy atom. The topological polar surface area (TPSA) is 130 Å². The first-order valence-corrected chi connectivity index (χ1v) is 10.5. The number of nitrogens with one attached hydrogen (secondary N) is 1. The van der Waals surface area contributed by atoms with Crippen molar-refractivity contribution in [1.29, 1.82) is 0 Å². The maximum absolute atomic E-state index is 12.3. The zero-order valence-corrected chi connectivity index (χ0v) is 18.4. The first-order valence-electron chi connectivity index (χ1n) is 10.5. The highest BCUT2D eigenvalue weighted by Gasteiger charge is 2.15. The standard InChI is InChI=1S/C25H22N4O5/c1-2-32-21-14-18(24-28-25(34-29-24)17-6-4-3-5-7-17)10-13-20(21)33-15-22(30)27-19-11-8-16(9-12-19)23(26)31/h3-14H,2,15H2,1H3,(H2,26,31)(H,27,30). The van der Waals surface area contributed by atoms with E-state index in [2.05, 4.69) is 15.5 Å². The molecule has 0 fully saturated rings. The lowest BCUT2D eigenvalue weighted by Crippen LogP contribution is -2.20. The van der Waals surface area contributed by atoms with Gasteiger partial charge in [-0.15, -0.1) is 0 Å². The summed E-state index contributed by atoms with van der Waals surface area (Å²) >= 11 is 0. The Morgan fingerprint density at radius 3 is 2.41 bits per heavy atom. The van der Waals surface area contributed by atoms with Gasteiger partial charge in [0.05, 0.1) is 6.61 Å². The minimum Gasteiger partial charge on any atom is -0.490 e. The lowest BCUT2D eigenvalue weighted by atomic mass is 10.2. The molecule has 0 aliphatic carbocycles. The molecule has 0 spiro atoms. The van der Waals surface area contributed by atoms with Gasteiger partial charge >= 0.3 is 0 Å². The molecule has 9 heteroatoms. The van der Waals surface area contributed by atoms with E-state index in [0.29, 0.717) is 46.6 Å². The number of rotatable bonds is 9. The zero-order chi connectivity index (χ0) is 23.9. The summed E-state index contributed by atoms with van der Waals surface area (Å²) in [6.07, 6.45) is 0. The van der Waals surface area contributed by atoms with Crippen LogP contribution in [0.15, 0.2) is 77.3 Å². The van der Waals surface area contributed by atoms with Crippen molar-refractivity contribution in [2.24, 2.45) is 5.73 Å². The molecule has 172 valence electrons. The summed E-state index contributed by atoms with van der Waals surface area (Å²) < 4.78 is 16.7. The highest BCUT2D eigenvalue weighted by atomic mass is 16.5. The van der Waals surface area contributed by atoms with Crippen molar-refractivity contribution in [2.75, 3.05) is 18.5 Å². The van der Waals surface area contributed by atoms with Gasteiger partial charge in [-0.2, -0.15) is 4.98 Å². The second-order valence-electron chi connectivity index (χ2n) is 7.16. The van der Waals surface area contributed by atoms with Crippen molar-refractivity contribution in [1.82, 2.24) is 10.1 Å². The number of hydrogen-bond donors (Lipinski definition) is 2. The predicted octanol–water partition coefficient (Wildman–Crippen LogP) is 3.92. The van der Waals surface area contributed by atoms with Gasteiger partial charge in [-0.3, -0.25) is 9.59 Å². The summed E-state index contributed by atoms with van der Waals surface area (Å²) in [6, 6.07) is 20.9. The molecule has 9 nitrogen and oxygen atoms in total. The van der Waals surface area contributed by atoms with Crippen molar-refractivity contribution in [3.05, 3.63) is 78.4 Å². The zero-order valence-electron chi connectivity index (χ0n) is 18.4. The molecule has 1 heterocycles. The van der Waals surface area contributed by atoms with Crippen LogP contribution in [0.25, 0.3) is 22.8 Å². The van der Waals surface area contributed by atoms with E-state index >= 15 is 0 Å². The molecule has 3 aromatic carbocycles. The smallest absolute Gasteiger partial charge is 0.262 e. The Kier molecular flexibility index (Phi) is 6.83. The molecule has 4 rings (SSSR count). The van der Waals surface area contributed by atoms with Crippen LogP contribution >= 0.6 is 0 Å². The van der Waals surface area contributed by atoms with Crippen LogP contribution in [0.1, 0.15) is 17.3 Å². The third kappa shape index (κ3) is 5.39. The minimum absolute atomic E-state index is 0.239. The normalized spacial score (nSPS) is 10.5. The van der Waals surface area contributed by atoms with E-state index in [4.69, 9.17) is 19.7 Å². The van der Waals surface area contributed by atoms with E-state index < -0.39 is 5.91 Å². The van der Waals surface area contributed by atoms with Crippen LogP contribution in [0.2, 0.25) is 0 Å². The van der Waals surface area contributed by atoms with Crippen LogP contribution in [-0.4, -0.2) is 35.2 Å². The summed E-state index contributed by atoms with van der Waals surface area (Å²) in [5, 5.41) is 6.75. The average Bonchev–Trinajstić information content (AvgIpc) is 3.35. The molecule has 34 heavy (non-hydrogen) atoms. The minimum atomic E-state index is -0.537. The molecular weight excluding hydrogens is 436 g/mol. The molecular formula is C25H22N4O5. The SMILES string of the molecule is CCOc1cc(-c2noc(-c3ccccc3)n2)ccc1OCC(=O)Nc1ccc(C(N)=O)cc1. The van der Waals surface area contributed by atoms with Gasteiger partial charge in [0.1, 0.15) is 0 Å². The second-order valence-corrected chi connectivity index (χ2v) is 7.16. The Bertz CT molecular complexity index is 1290. The number of primary amides is 1. The van der Waals surface area contributed by atoms with E-state index in [0.717, 1.165) is 5.56 Å². The van der Waals surface area contributed by atoms with Gasteiger partial charge in [0.2, 0.25) is 11.7 Å². The van der Waals surface area contributed by atoms with Gasteiger partial charge in [0.15, 0.2) is 18.1 Å². The molecule has 0 atom stereocenters. The van der Waals surface area contributed by atoms with Crippen LogP contribution in [0.5, 0.6) is 11.5 Å². The molecule has 4 aromatic rings. The maximum Gasteiger partial charge on any atom is 0.262 e. The van der Waals surface area contributed by atoms with Crippen molar-refractivity contribution in [2.45, 2.75) is 6.92 Å². The lowest BCUT2D eigenvalue weighted by Gasteiger charge is -2.13. The van der Waals surface area contributed by atoms with Crippen LogP contribution in [-0.2, 0) is 4.79 Å². The largest absolute Gasteiger partial charge is 0.490 e. The number of carbonyl (C=O) groups excluding carboxylic acids is 2. The quantitative estimate of drug-likeness (QED) is 0.389. The van der Waals surface area contributed by atoms with Gasteiger partial charge < -0.3 is 25.0 Å². The van der Waals surface area contributed by atoms with Crippen LogP contribution in [0.4, 0.5) is 5.69 Å². The van der Waals surface area contributed by atoms with Gasteiger partial charge in [-0.25, -0.2) is 0 Å². The molecule has 0 bridgehead atoms. The molecule has 3 N–H and O–H groups in total. The van der Waals surface area contributed by atoms with Gasteiger partial charge in [0, 0.05) is 22.4 Å². The molecule has 0 saturated heterocycles. The molecule has 0 saturated carbocycles. The molecule has 0 aliphatic heterocycles. The maximum atomic E-state index is 12.3. The van der Waals surface area contributed by atoms with Gasteiger partial charge in [-0.05, 0) is 61.5 Å². The summed E-state index contributed by atoms with van der Waals surface area (Å²) in [4.78, 5) is 27.9. The fourth-order valence-corrected chi connectivity index (χ4v) is 3.13. The lowest BCUT2D eigenvalue weighted by molar-refractivity contribution is -0.118. The molecule has 0 unspecified atom stereocenters. The van der Waals surface area contributed by atoms with Crippen molar-refractivity contribution >= 4 is 17.5 Å². The van der Waals surface area contributed by atoms with E-state index in [-0.39, 0.29) is 12.5 Å². The number of benzene rings is 3. The Morgan fingerprint density at radius 2 is 1.71 bits per heavy atom. The van der Waals surface area contributed by atoms with Crippen molar-refractivity contribution in [3.8, 4) is 34.3 Å². The third-order valence-electron chi connectivity index (χ3n) is 4.76. The highest BCUT2D eigenvalue weighted by Crippen LogP contribution is 2.32. The van der Waals surface area contributed by atoms with Crippen LogP contribution in [0, 0.1) is 0 Å². The van der Waals surface area contributed by atoms with E-state index in [9.17, 15) is 9.59 Å². The predicted molar refractivity (Wildman–Crippen MR) is 125 cm³/mol. The number of nitrogens with zero attached hydrogens (tertiary/aromatic N) is 2. The van der Waals surface area contributed by atoms with Gasteiger partial charge in [-0.1, -0.05) is 23.4 Å². The average molecular weight is 458 g/mol. The van der Waals surface area contributed by atoms with Crippen LogP contribution in [0.3, 0.4) is 0 Å². The van der Waals surface area contributed by atoms with E-state index in [1.54, 1.807) is 30.3 Å². The monoisotopic (exact) mass is 458 g/mol. The van der Waals surface area contributed by atoms with Crippen LogP contribution < -0.4 is 20.5 Å². The first-order chi connectivity index (χ1) is 16.5. The Balaban J connectivity index is 1.44. The third-order valence-corrected chi connectivity index (χ3v) is 4.76. The molecule has 0 radical (unpaired) electrons. The number of aromatic nitrogens is 2. The fourth-order valence-electron chi connectivity index (χ4n) is 3.13. The number of ether oxygens (including phenoxy) is 2. The van der Waals surface area contributed by atoms with E-state index in [1.165, 1.54) is 12.1 Å². The second kappa shape index (κ2) is 10.3.